The monoisotopic (exact) mass is 397 g/mol. The van der Waals surface area contributed by atoms with Gasteiger partial charge in [0.25, 0.3) is 0 Å². The Morgan fingerprint density at radius 2 is 1.55 bits per heavy atom. The molecule has 29 heavy (non-hydrogen) atoms. The second-order valence-corrected chi connectivity index (χ2v) is 9.75. The number of nitrogens with zero attached hydrogens (tertiary/aromatic N) is 1. The summed E-state index contributed by atoms with van der Waals surface area (Å²) >= 11 is 0. The summed E-state index contributed by atoms with van der Waals surface area (Å²) in [6, 6.07) is 8.30. The smallest absolute Gasteiger partial charge is 0.315 e. The molecule has 0 aromatic heterocycles. The van der Waals surface area contributed by atoms with Crippen LogP contribution < -0.4 is 10.6 Å². The second-order valence-electron chi connectivity index (χ2n) is 9.75. The van der Waals surface area contributed by atoms with Gasteiger partial charge in [0, 0.05) is 32.1 Å². The van der Waals surface area contributed by atoms with Crippen molar-refractivity contribution in [1.82, 2.24) is 15.5 Å². The Morgan fingerprint density at radius 1 is 1.00 bits per heavy atom. The minimum atomic E-state index is -0.0995. The van der Waals surface area contributed by atoms with Crippen LogP contribution in [0.2, 0.25) is 0 Å². The Labute approximate surface area is 174 Å². The van der Waals surface area contributed by atoms with Gasteiger partial charge in [-0.05, 0) is 73.8 Å². The summed E-state index contributed by atoms with van der Waals surface area (Å²) in [4.78, 5) is 26.6. The molecule has 4 saturated carbocycles. The molecule has 158 valence electrons. The SMILES string of the molecule is CCc1ccc(CN(C)C(=O)CCNC(=O)NC23CC4CC(CC(C4)C2)C3)cc1. The maximum atomic E-state index is 12.5. The van der Waals surface area contributed by atoms with Crippen LogP contribution in [0.15, 0.2) is 24.3 Å². The molecule has 1 aromatic rings. The molecule has 0 spiro atoms. The van der Waals surface area contributed by atoms with Crippen molar-refractivity contribution in [1.29, 1.82) is 0 Å². The Morgan fingerprint density at radius 3 is 2.10 bits per heavy atom. The summed E-state index contributed by atoms with van der Waals surface area (Å²) in [6.07, 6.45) is 8.88. The van der Waals surface area contributed by atoms with Gasteiger partial charge in [-0.2, -0.15) is 0 Å². The van der Waals surface area contributed by atoms with E-state index >= 15 is 0 Å². The fraction of sp³-hybridized carbons (Fsp3) is 0.667. The average Bonchev–Trinajstić information content (AvgIpc) is 2.67. The first kappa shape index (κ1) is 20.2. The highest BCUT2D eigenvalue weighted by molar-refractivity contribution is 5.78. The van der Waals surface area contributed by atoms with Crippen LogP contribution in [0.4, 0.5) is 4.79 Å². The number of nitrogens with one attached hydrogen (secondary N) is 2. The van der Waals surface area contributed by atoms with Gasteiger partial charge in [0.2, 0.25) is 5.91 Å². The lowest BCUT2D eigenvalue weighted by molar-refractivity contribution is -0.130. The third kappa shape index (κ3) is 4.76. The predicted octanol–water partition coefficient (Wildman–Crippen LogP) is 3.87. The van der Waals surface area contributed by atoms with E-state index < -0.39 is 0 Å². The van der Waals surface area contributed by atoms with Gasteiger partial charge in [-0.15, -0.1) is 0 Å². The summed E-state index contributed by atoms with van der Waals surface area (Å²) in [5.41, 5.74) is 2.45. The zero-order chi connectivity index (χ0) is 20.4. The van der Waals surface area contributed by atoms with Crippen molar-refractivity contribution in [3.63, 3.8) is 0 Å². The fourth-order valence-corrected chi connectivity index (χ4v) is 6.27. The highest BCUT2D eigenvalue weighted by atomic mass is 16.2. The number of carbonyl (C=O) groups excluding carboxylic acids is 2. The van der Waals surface area contributed by atoms with Crippen LogP contribution in [0.3, 0.4) is 0 Å². The predicted molar refractivity (Wildman–Crippen MR) is 114 cm³/mol. The second kappa shape index (κ2) is 8.37. The quantitative estimate of drug-likeness (QED) is 0.734. The van der Waals surface area contributed by atoms with Crippen LogP contribution in [0.25, 0.3) is 0 Å². The summed E-state index contributed by atoms with van der Waals surface area (Å²) in [5.74, 6) is 2.48. The molecular formula is C24H35N3O2. The lowest BCUT2D eigenvalue weighted by Crippen LogP contribution is -2.61. The number of hydrogen-bond acceptors (Lipinski definition) is 2. The van der Waals surface area contributed by atoms with Crippen LogP contribution >= 0.6 is 0 Å². The van der Waals surface area contributed by atoms with E-state index in [2.05, 4.69) is 41.8 Å². The van der Waals surface area contributed by atoms with E-state index in [-0.39, 0.29) is 17.5 Å². The largest absolute Gasteiger partial charge is 0.341 e. The van der Waals surface area contributed by atoms with Gasteiger partial charge in [0.15, 0.2) is 0 Å². The highest BCUT2D eigenvalue weighted by Crippen LogP contribution is 2.55. The minimum absolute atomic E-state index is 0.0181. The topological polar surface area (TPSA) is 61.4 Å². The number of benzene rings is 1. The van der Waals surface area contributed by atoms with Gasteiger partial charge in [-0.1, -0.05) is 31.2 Å². The summed E-state index contributed by atoms with van der Waals surface area (Å²) < 4.78 is 0. The van der Waals surface area contributed by atoms with E-state index in [4.69, 9.17) is 0 Å². The first-order chi connectivity index (χ1) is 13.9. The third-order valence-electron chi connectivity index (χ3n) is 7.32. The molecule has 5 rings (SSSR count). The lowest BCUT2D eigenvalue weighted by Gasteiger charge is -2.56. The Bertz CT molecular complexity index is 708. The Kier molecular flexibility index (Phi) is 5.84. The number of carbonyl (C=O) groups is 2. The molecular weight excluding hydrogens is 362 g/mol. The molecule has 0 atom stereocenters. The van der Waals surface area contributed by atoms with Crippen molar-refractivity contribution in [2.45, 2.75) is 70.4 Å². The third-order valence-corrected chi connectivity index (χ3v) is 7.32. The molecule has 5 heteroatoms. The number of hydrogen-bond donors (Lipinski definition) is 2. The van der Waals surface area contributed by atoms with Gasteiger partial charge in [0.1, 0.15) is 0 Å². The lowest BCUT2D eigenvalue weighted by atomic mass is 9.53. The molecule has 0 unspecified atom stereocenters. The number of rotatable bonds is 7. The Hall–Kier alpha value is -2.04. The highest BCUT2D eigenvalue weighted by Gasteiger charge is 2.51. The van der Waals surface area contributed by atoms with E-state index in [1.807, 2.05) is 7.05 Å². The van der Waals surface area contributed by atoms with Crippen LogP contribution in [0, 0.1) is 17.8 Å². The van der Waals surface area contributed by atoms with Gasteiger partial charge in [-0.3, -0.25) is 4.79 Å². The molecule has 0 saturated heterocycles. The van der Waals surface area contributed by atoms with Gasteiger partial charge in [-0.25, -0.2) is 4.79 Å². The van der Waals surface area contributed by atoms with Crippen molar-refractivity contribution in [3.8, 4) is 0 Å². The van der Waals surface area contributed by atoms with E-state index in [1.165, 1.54) is 24.8 Å². The van der Waals surface area contributed by atoms with Crippen LogP contribution in [0.1, 0.15) is 63.0 Å². The van der Waals surface area contributed by atoms with Gasteiger partial charge >= 0.3 is 6.03 Å². The van der Waals surface area contributed by atoms with Crippen molar-refractivity contribution in [3.05, 3.63) is 35.4 Å². The molecule has 5 nitrogen and oxygen atoms in total. The fourth-order valence-electron chi connectivity index (χ4n) is 6.27. The molecule has 4 aliphatic carbocycles. The van der Waals surface area contributed by atoms with Crippen molar-refractivity contribution in [2.75, 3.05) is 13.6 Å². The van der Waals surface area contributed by atoms with E-state index in [1.54, 1.807) is 4.90 Å². The maximum absolute atomic E-state index is 12.5. The van der Waals surface area contributed by atoms with Crippen molar-refractivity contribution in [2.24, 2.45) is 17.8 Å². The molecule has 3 amide bonds. The van der Waals surface area contributed by atoms with E-state index in [0.29, 0.717) is 19.5 Å². The number of amides is 3. The van der Waals surface area contributed by atoms with E-state index in [9.17, 15) is 9.59 Å². The normalized spacial score (nSPS) is 29.5. The number of aryl methyl sites for hydroxylation is 1. The van der Waals surface area contributed by atoms with Crippen molar-refractivity contribution >= 4 is 11.9 Å². The van der Waals surface area contributed by atoms with Crippen LogP contribution in [-0.4, -0.2) is 36.0 Å². The molecule has 4 fully saturated rings. The average molecular weight is 398 g/mol. The van der Waals surface area contributed by atoms with Crippen LogP contribution in [-0.2, 0) is 17.8 Å². The summed E-state index contributed by atoms with van der Waals surface area (Å²) in [5, 5.41) is 6.23. The molecule has 0 aliphatic heterocycles. The van der Waals surface area contributed by atoms with Gasteiger partial charge in [0.05, 0.1) is 0 Å². The molecule has 2 N–H and O–H groups in total. The zero-order valence-electron chi connectivity index (χ0n) is 17.9. The maximum Gasteiger partial charge on any atom is 0.315 e. The molecule has 0 radical (unpaired) electrons. The first-order valence-electron chi connectivity index (χ1n) is 11.3. The minimum Gasteiger partial charge on any atom is -0.341 e. The standard InChI is InChI=1S/C24H35N3O2/c1-3-17-4-6-18(7-5-17)16-27(2)22(28)8-9-25-23(29)26-24-13-19-10-20(14-24)12-21(11-19)15-24/h4-7,19-21H,3,8-16H2,1-2H3,(H2,25,26,29). The van der Waals surface area contributed by atoms with E-state index in [0.717, 1.165) is 49.0 Å². The zero-order valence-corrected chi connectivity index (χ0v) is 17.9. The summed E-state index contributed by atoms with van der Waals surface area (Å²) in [7, 11) is 1.82. The van der Waals surface area contributed by atoms with Gasteiger partial charge < -0.3 is 15.5 Å². The number of urea groups is 1. The molecule has 1 aromatic carbocycles. The molecule has 4 aliphatic rings. The van der Waals surface area contributed by atoms with Crippen molar-refractivity contribution < 1.29 is 9.59 Å². The molecule has 0 heterocycles. The molecule has 4 bridgehead atoms. The first-order valence-corrected chi connectivity index (χ1v) is 11.3. The van der Waals surface area contributed by atoms with Crippen LogP contribution in [0.5, 0.6) is 0 Å². The summed E-state index contributed by atoms with van der Waals surface area (Å²) in [6.45, 7) is 3.12. The Balaban J connectivity index is 1.19.